The van der Waals surface area contributed by atoms with Crippen LogP contribution in [0, 0.1) is 0 Å². The fourth-order valence-electron chi connectivity index (χ4n) is 4.61. The molecule has 0 aliphatic carbocycles. The molecule has 2 aliphatic rings. The average molecular weight is 518 g/mol. The number of hydrogen-bond acceptors (Lipinski definition) is 5. The van der Waals surface area contributed by atoms with Gasteiger partial charge >= 0.3 is 6.18 Å². The molecule has 2 N–H and O–H groups in total. The maximum atomic E-state index is 13.1. The van der Waals surface area contributed by atoms with E-state index in [4.69, 9.17) is 0 Å². The average Bonchev–Trinajstić information content (AvgIpc) is 2.86. The minimum atomic E-state index is -4.54. The van der Waals surface area contributed by atoms with Crippen molar-refractivity contribution in [3.63, 3.8) is 0 Å². The predicted octanol–water partition coefficient (Wildman–Crippen LogP) is 2.18. The summed E-state index contributed by atoms with van der Waals surface area (Å²) in [6.45, 7) is 4.56. The molecule has 0 bridgehead atoms. The SMILES string of the molecule is O=C(C[C@@H]1C(=O)NCCN1C(=O)CN1CCN(Cc2ccccc2)CC1)Nc1cccc(C(F)(F)F)c1. The molecular formula is C26H30F3N5O3. The first-order chi connectivity index (χ1) is 17.7. The molecule has 0 saturated carbocycles. The second-order valence-electron chi connectivity index (χ2n) is 9.26. The number of anilines is 1. The molecule has 37 heavy (non-hydrogen) atoms. The molecule has 0 spiro atoms. The Morgan fingerprint density at radius 3 is 2.35 bits per heavy atom. The van der Waals surface area contributed by atoms with Gasteiger partial charge in [0.2, 0.25) is 17.7 Å². The van der Waals surface area contributed by atoms with Gasteiger partial charge in [-0.05, 0) is 23.8 Å². The van der Waals surface area contributed by atoms with Crippen molar-refractivity contribution in [3.05, 3.63) is 65.7 Å². The van der Waals surface area contributed by atoms with Gasteiger partial charge in [-0.3, -0.25) is 24.2 Å². The molecule has 2 aromatic carbocycles. The Bertz CT molecular complexity index is 1100. The zero-order valence-corrected chi connectivity index (χ0v) is 20.3. The van der Waals surface area contributed by atoms with E-state index in [9.17, 15) is 27.6 Å². The number of nitrogens with one attached hydrogen (secondary N) is 2. The van der Waals surface area contributed by atoms with Crippen LogP contribution in [0.1, 0.15) is 17.5 Å². The second-order valence-corrected chi connectivity index (χ2v) is 9.26. The van der Waals surface area contributed by atoms with Crippen LogP contribution in [-0.4, -0.2) is 84.3 Å². The van der Waals surface area contributed by atoms with Gasteiger partial charge in [0.1, 0.15) is 6.04 Å². The van der Waals surface area contributed by atoms with E-state index in [1.165, 1.54) is 22.6 Å². The highest BCUT2D eigenvalue weighted by atomic mass is 19.4. The minimum absolute atomic E-state index is 0.0257. The molecule has 8 nitrogen and oxygen atoms in total. The van der Waals surface area contributed by atoms with Crippen LogP contribution in [0.4, 0.5) is 18.9 Å². The number of halogens is 3. The maximum Gasteiger partial charge on any atom is 0.416 e. The van der Waals surface area contributed by atoms with Gasteiger partial charge in [0.25, 0.3) is 0 Å². The lowest BCUT2D eigenvalue weighted by molar-refractivity contribution is -0.145. The van der Waals surface area contributed by atoms with Gasteiger partial charge < -0.3 is 15.5 Å². The molecular weight excluding hydrogens is 487 g/mol. The van der Waals surface area contributed by atoms with E-state index in [-0.39, 0.29) is 37.6 Å². The first-order valence-electron chi connectivity index (χ1n) is 12.2. The van der Waals surface area contributed by atoms with E-state index in [0.717, 1.165) is 31.8 Å². The summed E-state index contributed by atoms with van der Waals surface area (Å²) in [6.07, 6.45) is -4.89. The lowest BCUT2D eigenvalue weighted by atomic mass is 10.1. The predicted molar refractivity (Wildman–Crippen MR) is 131 cm³/mol. The fraction of sp³-hybridized carbons (Fsp3) is 0.423. The van der Waals surface area contributed by atoms with E-state index in [1.54, 1.807) is 0 Å². The number of rotatable bonds is 7. The molecule has 198 valence electrons. The number of hydrogen-bond donors (Lipinski definition) is 2. The van der Waals surface area contributed by atoms with E-state index in [2.05, 4.69) is 27.7 Å². The monoisotopic (exact) mass is 517 g/mol. The van der Waals surface area contributed by atoms with Gasteiger partial charge in [0, 0.05) is 51.5 Å². The summed E-state index contributed by atoms with van der Waals surface area (Å²) in [5.74, 6) is -1.34. The molecule has 1 atom stereocenters. The molecule has 0 aromatic heterocycles. The Balaban J connectivity index is 1.31. The lowest BCUT2D eigenvalue weighted by Gasteiger charge is -2.38. The number of alkyl halides is 3. The number of piperazine rings is 2. The van der Waals surface area contributed by atoms with Crippen LogP contribution in [0.25, 0.3) is 0 Å². The Hall–Kier alpha value is -3.44. The Labute approximate surface area is 213 Å². The van der Waals surface area contributed by atoms with Gasteiger partial charge in [-0.2, -0.15) is 13.2 Å². The third-order valence-corrected chi connectivity index (χ3v) is 6.58. The van der Waals surface area contributed by atoms with Crippen LogP contribution in [0.2, 0.25) is 0 Å². The summed E-state index contributed by atoms with van der Waals surface area (Å²) in [4.78, 5) is 44.0. The molecule has 2 saturated heterocycles. The third-order valence-electron chi connectivity index (χ3n) is 6.58. The van der Waals surface area contributed by atoms with Crippen molar-refractivity contribution < 1.29 is 27.6 Å². The van der Waals surface area contributed by atoms with Crippen LogP contribution in [0.5, 0.6) is 0 Å². The van der Waals surface area contributed by atoms with Gasteiger partial charge in [-0.1, -0.05) is 36.4 Å². The molecule has 11 heteroatoms. The van der Waals surface area contributed by atoms with Crippen LogP contribution >= 0.6 is 0 Å². The molecule has 3 amide bonds. The van der Waals surface area contributed by atoms with Crippen molar-refractivity contribution in [2.45, 2.75) is 25.2 Å². The van der Waals surface area contributed by atoms with Crippen LogP contribution in [0.3, 0.4) is 0 Å². The van der Waals surface area contributed by atoms with E-state index < -0.39 is 29.6 Å². The fourth-order valence-corrected chi connectivity index (χ4v) is 4.61. The smallest absolute Gasteiger partial charge is 0.353 e. The number of benzene rings is 2. The summed E-state index contributed by atoms with van der Waals surface area (Å²) in [5, 5.41) is 5.08. The first kappa shape index (κ1) is 26.6. The van der Waals surface area contributed by atoms with Crippen LogP contribution in [0.15, 0.2) is 54.6 Å². The van der Waals surface area contributed by atoms with Gasteiger partial charge in [-0.15, -0.1) is 0 Å². The third kappa shape index (κ3) is 7.30. The Morgan fingerprint density at radius 2 is 1.65 bits per heavy atom. The van der Waals surface area contributed by atoms with Gasteiger partial charge in [-0.25, -0.2) is 0 Å². The molecule has 0 unspecified atom stereocenters. The highest BCUT2D eigenvalue weighted by Gasteiger charge is 2.36. The molecule has 0 radical (unpaired) electrons. The highest BCUT2D eigenvalue weighted by molar-refractivity contribution is 5.97. The quantitative estimate of drug-likeness (QED) is 0.588. The van der Waals surface area contributed by atoms with Crippen LogP contribution in [-0.2, 0) is 27.1 Å². The minimum Gasteiger partial charge on any atom is -0.353 e. The zero-order valence-electron chi connectivity index (χ0n) is 20.3. The Morgan fingerprint density at radius 1 is 0.946 bits per heavy atom. The van der Waals surface area contributed by atoms with Gasteiger partial charge in [0.05, 0.1) is 18.5 Å². The first-order valence-corrected chi connectivity index (χ1v) is 12.2. The lowest BCUT2D eigenvalue weighted by Crippen LogP contribution is -2.60. The van der Waals surface area contributed by atoms with Crippen LogP contribution < -0.4 is 10.6 Å². The molecule has 4 rings (SSSR count). The van der Waals surface area contributed by atoms with E-state index in [1.807, 2.05) is 23.1 Å². The van der Waals surface area contributed by atoms with Crippen molar-refractivity contribution in [2.24, 2.45) is 0 Å². The molecule has 2 aliphatic heterocycles. The van der Waals surface area contributed by atoms with Crippen molar-refractivity contribution in [1.82, 2.24) is 20.0 Å². The molecule has 2 fully saturated rings. The molecule has 2 heterocycles. The second kappa shape index (κ2) is 11.7. The normalized spacial score (nSPS) is 19.4. The van der Waals surface area contributed by atoms with Crippen molar-refractivity contribution in [3.8, 4) is 0 Å². The standard InChI is InChI=1S/C26H30F3N5O3/c27-26(28,29)20-7-4-8-21(15-20)31-23(35)16-22-25(37)30-9-10-34(22)24(36)18-33-13-11-32(12-14-33)17-19-5-2-1-3-6-19/h1-8,15,22H,9-14,16-18H2,(H,30,37)(H,31,35)/t22-/m1/s1. The van der Waals surface area contributed by atoms with Crippen molar-refractivity contribution in [1.29, 1.82) is 0 Å². The largest absolute Gasteiger partial charge is 0.416 e. The Kier molecular flexibility index (Phi) is 8.45. The molecule has 2 aromatic rings. The summed E-state index contributed by atoms with van der Waals surface area (Å²) < 4.78 is 38.9. The van der Waals surface area contributed by atoms with E-state index >= 15 is 0 Å². The summed E-state index contributed by atoms with van der Waals surface area (Å²) >= 11 is 0. The number of nitrogens with zero attached hydrogens (tertiary/aromatic N) is 3. The number of carbonyl (C=O) groups excluding carboxylic acids is 3. The highest BCUT2D eigenvalue weighted by Crippen LogP contribution is 2.30. The summed E-state index contributed by atoms with van der Waals surface area (Å²) in [6, 6.07) is 13.4. The number of amides is 3. The van der Waals surface area contributed by atoms with Gasteiger partial charge in [0.15, 0.2) is 0 Å². The number of carbonyl (C=O) groups is 3. The maximum absolute atomic E-state index is 13.1. The van der Waals surface area contributed by atoms with E-state index in [0.29, 0.717) is 13.1 Å². The zero-order chi connectivity index (χ0) is 26.4. The summed E-state index contributed by atoms with van der Waals surface area (Å²) in [7, 11) is 0. The van der Waals surface area contributed by atoms with Crippen molar-refractivity contribution in [2.75, 3.05) is 51.1 Å². The van der Waals surface area contributed by atoms with Crippen molar-refractivity contribution >= 4 is 23.4 Å². The topological polar surface area (TPSA) is 85.0 Å². The summed E-state index contributed by atoms with van der Waals surface area (Å²) in [5.41, 5.74) is 0.321.